The first kappa shape index (κ1) is 89.0. The fourth-order valence-corrected chi connectivity index (χ4v) is 19.7. The van der Waals surface area contributed by atoms with Gasteiger partial charge in [-0.3, -0.25) is 0 Å². The van der Waals surface area contributed by atoms with Crippen molar-refractivity contribution in [2.45, 2.75) is 259 Å². The quantitative estimate of drug-likeness (QED) is 0.140. The van der Waals surface area contributed by atoms with Crippen LogP contribution >= 0.6 is 0 Å². The van der Waals surface area contributed by atoms with Gasteiger partial charge >= 0.3 is 0 Å². The number of hydrogen-bond donors (Lipinski definition) is 0. The number of hydrogen-bond acceptors (Lipinski definition) is 16. The Labute approximate surface area is 798 Å². The highest BCUT2D eigenvalue weighted by atomic mass is 16.6. The zero-order chi connectivity index (χ0) is 95.3. The minimum Gasteiger partial charge on any atom is -0.434 e. The van der Waals surface area contributed by atoms with Gasteiger partial charge in [-0.1, -0.05) is 287 Å². The molecule has 8 heterocycles. The van der Waals surface area contributed by atoms with Crippen LogP contribution in [0.1, 0.15) is 301 Å². The minimum absolute atomic E-state index is 0.119. The summed E-state index contributed by atoms with van der Waals surface area (Å²) in [7, 11) is 0. The lowest BCUT2D eigenvalue weighted by Gasteiger charge is -2.32. The maximum Gasteiger partial charge on any atom is 0.284 e. The van der Waals surface area contributed by atoms with E-state index in [-0.39, 0.29) is 90.4 Å². The second-order valence-corrected chi connectivity index (χ2v) is 46.5. The first-order valence-electron chi connectivity index (χ1n) is 48.1. The van der Waals surface area contributed by atoms with Crippen LogP contribution in [0.25, 0.3) is 44.1 Å². The summed E-state index contributed by atoms with van der Waals surface area (Å²) in [5.74, 6) is 1.74. The molecule has 16 aromatic rings. The van der Waals surface area contributed by atoms with E-state index in [0.29, 0.717) is 116 Å². The molecular formula is C120H120N8O8. The molecule has 5 aliphatic rings. The van der Waals surface area contributed by atoms with Crippen molar-refractivity contribution in [3.63, 3.8) is 0 Å². The molecule has 4 aromatic heterocycles. The van der Waals surface area contributed by atoms with Gasteiger partial charge in [0.05, 0.1) is 44.1 Å². The van der Waals surface area contributed by atoms with Gasteiger partial charge in [0.1, 0.15) is 46.0 Å². The van der Waals surface area contributed by atoms with Gasteiger partial charge in [-0.15, -0.1) is 0 Å². The van der Waals surface area contributed by atoms with Crippen molar-refractivity contribution >= 4 is 44.1 Å². The zero-order valence-electron chi connectivity index (χ0n) is 82.8. The summed E-state index contributed by atoms with van der Waals surface area (Å²) in [5.41, 5.74) is 22.9. The van der Waals surface area contributed by atoms with Crippen LogP contribution in [0.4, 0.5) is 0 Å². The first-order chi connectivity index (χ1) is 64.2. The Kier molecular flexibility index (Phi) is 21.0. The molecule has 688 valence electrons. The van der Waals surface area contributed by atoms with Crippen LogP contribution in [-0.4, -0.2) is 39.9 Å². The van der Waals surface area contributed by atoms with Crippen molar-refractivity contribution in [3.05, 3.63) is 330 Å². The van der Waals surface area contributed by atoms with E-state index in [1.54, 1.807) is 0 Å². The molecule has 21 rings (SSSR count). The Balaban J connectivity index is 0.999. The highest BCUT2D eigenvalue weighted by Crippen LogP contribution is 2.60. The molecule has 136 heavy (non-hydrogen) atoms. The highest BCUT2D eigenvalue weighted by Gasteiger charge is 2.43. The molecule has 1 aliphatic carbocycles. The minimum atomic E-state index is -0.680. The number of aromatic nitrogens is 8. The van der Waals surface area contributed by atoms with E-state index in [0.717, 1.165) is 66.8 Å². The fraction of sp³-hybridized carbons (Fsp3) is 0.333. The smallest absolute Gasteiger partial charge is 0.284 e. The van der Waals surface area contributed by atoms with E-state index in [9.17, 15) is 0 Å². The van der Waals surface area contributed by atoms with Gasteiger partial charge in [0, 0.05) is 92.4 Å². The van der Waals surface area contributed by atoms with Gasteiger partial charge in [0.25, 0.3) is 47.0 Å². The number of ether oxygens (including phenoxy) is 8. The van der Waals surface area contributed by atoms with E-state index in [1.165, 1.54) is 44.5 Å². The fourth-order valence-electron chi connectivity index (χ4n) is 19.7. The number of nitrogens with zero attached hydrogens (tertiary/aromatic N) is 8. The third-order valence-corrected chi connectivity index (χ3v) is 27.9. The van der Waals surface area contributed by atoms with Gasteiger partial charge in [-0.2, -0.15) is 0 Å². The van der Waals surface area contributed by atoms with Crippen molar-refractivity contribution in [1.82, 2.24) is 39.9 Å². The molecule has 16 heteroatoms. The summed E-state index contributed by atoms with van der Waals surface area (Å²) >= 11 is 0. The van der Waals surface area contributed by atoms with Gasteiger partial charge in [-0.05, 0) is 209 Å². The molecule has 0 amide bonds. The number of benzene rings is 12. The van der Waals surface area contributed by atoms with E-state index >= 15 is 0 Å². The summed E-state index contributed by atoms with van der Waals surface area (Å²) in [6, 6.07) is 78.0. The zero-order valence-corrected chi connectivity index (χ0v) is 82.8. The molecule has 16 nitrogen and oxygen atoms in total. The molecule has 0 N–H and O–H groups in total. The molecule has 0 spiro atoms. The second-order valence-electron chi connectivity index (χ2n) is 46.5. The Morgan fingerprint density at radius 1 is 0.169 bits per heavy atom. The highest BCUT2D eigenvalue weighted by molar-refractivity contribution is 5.81. The molecule has 8 bridgehead atoms. The van der Waals surface area contributed by atoms with Crippen molar-refractivity contribution < 1.29 is 37.9 Å². The van der Waals surface area contributed by atoms with Crippen LogP contribution in [0, 0.1) is 0 Å². The van der Waals surface area contributed by atoms with Crippen molar-refractivity contribution in [2.75, 3.05) is 0 Å². The first-order valence-corrected chi connectivity index (χ1v) is 48.1. The van der Waals surface area contributed by atoms with Crippen molar-refractivity contribution in [1.29, 1.82) is 0 Å². The van der Waals surface area contributed by atoms with Gasteiger partial charge in [-0.25, -0.2) is 39.9 Å². The Morgan fingerprint density at radius 2 is 0.294 bits per heavy atom. The van der Waals surface area contributed by atoms with E-state index in [1.807, 2.05) is 97.1 Å². The average Bonchev–Trinajstić information content (AvgIpc) is 1.48. The van der Waals surface area contributed by atoms with Crippen LogP contribution in [0.3, 0.4) is 0 Å². The van der Waals surface area contributed by atoms with E-state index in [2.05, 4.69) is 287 Å². The molecule has 0 fully saturated rings. The predicted octanol–water partition coefficient (Wildman–Crippen LogP) is 31.2. The van der Waals surface area contributed by atoms with Crippen molar-refractivity contribution in [2.24, 2.45) is 0 Å². The van der Waals surface area contributed by atoms with Crippen LogP contribution in [-0.2, 0) is 69.0 Å². The van der Waals surface area contributed by atoms with Crippen LogP contribution < -0.4 is 37.9 Å². The largest absolute Gasteiger partial charge is 0.434 e. The molecule has 0 radical (unpaired) electrons. The van der Waals surface area contributed by atoms with Crippen LogP contribution in [0.2, 0.25) is 0 Å². The summed E-state index contributed by atoms with van der Waals surface area (Å²) in [4.78, 5) is 43.9. The molecule has 12 aromatic carbocycles. The molecular weight excluding hydrogens is 1680 g/mol. The normalized spacial score (nSPS) is 16.2. The van der Waals surface area contributed by atoms with Crippen LogP contribution in [0.5, 0.6) is 93.0 Å². The van der Waals surface area contributed by atoms with Gasteiger partial charge in [0.15, 0.2) is 0 Å². The average molecular weight is 1800 g/mol. The molecule has 0 unspecified atom stereocenters. The maximum atomic E-state index is 7.90. The molecule has 0 atom stereocenters. The second kappa shape index (κ2) is 32.0. The van der Waals surface area contributed by atoms with Gasteiger partial charge < -0.3 is 37.9 Å². The third kappa shape index (κ3) is 16.9. The summed E-state index contributed by atoms with van der Waals surface area (Å²) in [6.45, 7) is 55.3. The van der Waals surface area contributed by atoms with Gasteiger partial charge in [0.2, 0.25) is 0 Å². The van der Waals surface area contributed by atoms with Crippen LogP contribution in [0.15, 0.2) is 218 Å². The Morgan fingerprint density at radius 3 is 0.412 bits per heavy atom. The molecule has 0 saturated heterocycles. The lowest BCUT2D eigenvalue weighted by Crippen LogP contribution is -2.19. The molecule has 4 aliphatic heterocycles. The lowest BCUT2D eigenvalue weighted by atomic mass is 9.73. The summed E-state index contributed by atoms with van der Waals surface area (Å²) < 4.78 is 63.2. The topological polar surface area (TPSA) is 177 Å². The van der Waals surface area contributed by atoms with Crippen molar-refractivity contribution in [3.8, 4) is 93.0 Å². The van der Waals surface area contributed by atoms with E-state index < -0.39 is 23.7 Å². The third-order valence-electron chi connectivity index (χ3n) is 27.9. The lowest BCUT2D eigenvalue weighted by molar-refractivity contribution is 0.377. The SMILES string of the molecule is CC(C)(C)c1cc(CC2c3cc4c5cc3Oc3nc6ccccc6nc3Oc3cc6c(cc32)C(Cc2cc(C(C)(C)C)cc(C(C)(C)C)c2)c2cc3c(cc2Oc2nc7ccccc7nc2O6)Oc2nc6ccccc6nc2Oc2cc(c(cc2C3Cc2cc(C(C)(C)C)cc(C(C)(C)C)c2)C4Cc2cc(C(C)(C)C)cc(C(C)(C)C)c2)Oc2nc3ccccc3nc2O5)cc(C(C)(C)C)c1. The summed E-state index contributed by atoms with van der Waals surface area (Å²) in [5, 5.41) is 0. The molecule has 0 saturated carbocycles. The number of fused-ring (bicyclic) bond motifs is 8. The Hall–Kier alpha value is -13.6. The number of rotatable bonds is 8. The standard InChI is InChI=1S/C120H120N8O8/c1-113(2,3)69-41-65(42-70(53-69)114(4,5)6)49-77-81-57-83-78(50-66-43-71(115(7,8)9)54-72(44-66)116(10,11)12)85-59-87-80(52-68-47-75(119(19,20)21)56-76(48-68)120(22,23)24)88-60-86-79(51-67-45-73(117(13,14)15)55-74(46-67)118(16,17)18)84-58-82(77)98-62-100(84)132-108-110(126-94-38-30-28-36-92(94)124-108)134-102(86)64-104(88)136-112-111(127-95-39-31-32-40-96(95)128-112)135-103(87)63-101(85)133-109-107(123-91-35-27-29-37-93(91)125-109)131-99(83)61-97(81)129-105-106(130-98)122-90-34-26-25-33-89(90)121-105/h25-48,53-64,77-80H,49-52H2,1-24H3. The predicted molar refractivity (Wildman–Crippen MR) is 542 cm³/mol. The van der Waals surface area contributed by atoms with E-state index in [4.69, 9.17) is 77.8 Å². The monoisotopic (exact) mass is 1800 g/mol. The summed E-state index contributed by atoms with van der Waals surface area (Å²) in [6.07, 6.45) is 1.62. The maximum absolute atomic E-state index is 7.90. The number of para-hydroxylation sites is 8. The Bertz CT molecular complexity index is 6330.